The summed E-state index contributed by atoms with van der Waals surface area (Å²) in [7, 11) is 0. The van der Waals surface area contributed by atoms with Crippen LogP contribution in [-0.2, 0) is 11.3 Å². The Balaban J connectivity index is 1.51. The molecule has 0 aliphatic rings. The van der Waals surface area contributed by atoms with Gasteiger partial charge in [0.15, 0.2) is 21.9 Å². The third kappa shape index (κ3) is 4.50. The SMILES string of the molecule is C=CCn1c(SC(C)C(=O)Nc2nc(-c3ccc(F)c(F)c3)cs2)nc2sccc2c1=O. The van der Waals surface area contributed by atoms with Crippen LogP contribution < -0.4 is 10.9 Å². The topological polar surface area (TPSA) is 76.9 Å². The first-order valence-corrected chi connectivity index (χ1v) is 12.0. The molecule has 1 N–H and O–H groups in total. The van der Waals surface area contributed by atoms with Crippen LogP contribution in [-0.4, -0.2) is 25.7 Å². The number of allylic oxidation sites excluding steroid dienone is 1. The number of fused-ring (bicyclic) bond motifs is 1. The number of rotatable bonds is 7. The molecule has 32 heavy (non-hydrogen) atoms. The number of anilines is 1. The van der Waals surface area contributed by atoms with Crippen molar-refractivity contribution in [1.82, 2.24) is 14.5 Å². The molecule has 0 fully saturated rings. The van der Waals surface area contributed by atoms with Crippen LogP contribution in [0.1, 0.15) is 6.92 Å². The Morgan fingerprint density at radius 3 is 2.84 bits per heavy atom. The van der Waals surface area contributed by atoms with Crippen molar-refractivity contribution >= 4 is 55.7 Å². The van der Waals surface area contributed by atoms with Crippen molar-refractivity contribution in [2.75, 3.05) is 5.32 Å². The van der Waals surface area contributed by atoms with Crippen LogP contribution in [0.3, 0.4) is 0 Å². The second kappa shape index (κ2) is 9.31. The predicted octanol–water partition coefficient (Wildman–Crippen LogP) is 5.17. The lowest BCUT2D eigenvalue weighted by molar-refractivity contribution is -0.115. The lowest BCUT2D eigenvalue weighted by atomic mass is 10.2. The lowest BCUT2D eigenvalue weighted by Gasteiger charge is -2.14. The van der Waals surface area contributed by atoms with Crippen LogP contribution in [0.5, 0.6) is 0 Å². The monoisotopic (exact) mass is 490 g/mol. The Bertz CT molecular complexity index is 1380. The first kappa shape index (κ1) is 22.3. The third-order valence-corrected chi connectivity index (χ3v) is 7.12. The zero-order valence-electron chi connectivity index (χ0n) is 16.7. The van der Waals surface area contributed by atoms with Crippen LogP contribution in [0.2, 0.25) is 0 Å². The average molecular weight is 491 g/mol. The third-order valence-electron chi connectivity index (χ3n) is 4.46. The number of carbonyl (C=O) groups excluding carboxylic acids is 1. The van der Waals surface area contributed by atoms with Gasteiger partial charge in [-0.1, -0.05) is 17.8 Å². The first-order valence-electron chi connectivity index (χ1n) is 9.34. The van der Waals surface area contributed by atoms with E-state index in [1.54, 1.807) is 29.8 Å². The summed E-state index contributed by atoms with van der Waals surface area (Å²) >= 11 is 3.69. The molecule has 1 atom stereocenters. The summed E-state index contributed by atoms with van der Waals surface area (Å²) in [6.07, 6.45) is 1.60. The minimum absolute atomic E-state index is 0.178. The molecule has 3 heterocycles. The Morgan fingerprint density at radius 2 is 2.09 bits per heavy atom. The van der Waals surface area contributed by atoms with E-state index in [1.807, 2.05) is 0 Å². The fraction of sp³-hybridized carbons (Fsp3) is 0.143. The normalized spacial score (nSPS) is 12.1. The van der Waals surface area contributed by atoms with Crippen molar-refractivity contribution in [2.24, 2.45) is 0 Å². The lowest BCUT2D eigenvalue weighted by Crippen LogP contribution is -2.26. The fourth-order valence-corrected chi connectivity index (χ4v) is 5.29. The van der Waals surface area contributed by atoms with E-state index in [2.05, 4.69) is 21.9 Å². The Hall–Kier alpha value is -2.89. The maximum absolute atomic E-state index is 13.5. The largest absolute Gasteiger partial charge is 0.301 e. The molecular formula is C21H16F2N4O2S3. The molecule has 3 aromatic heterocycles. The van der Waals surface area contributed by atoms with Gasteiger partial charge in [0.1, 0.15) is 4.83 Å². The van der Waals surface area contributed by atoms with Gasteiger partial charge in [-0.15, -0.1) is 29.3 Å². The molecule has 6 nitrogen and oxygen atoms in total. The van der Waals surface area contributed by atoms with Crippen LogP contribution >= 0.6 is 34.4 Å². The number of hydrogen-bond donors (Lipinski definition) is 1. The highest BCUT2D eigenvalue weighted by atomic mass is 32.2. The Kier molecular flexibility index (Phi) is 6.49. The minimum atomic E-state index is -0.966. The van der Waals surface area contributed by atoms with Gasteiger partial charge in [0, 0.05) is 17.5 Å². The number of benzene rings is 1. The number of halogens is 2. The quantitative estimate of drug-likeness (QED) is 0.220. The number of aromatic nitrogens is 3. The number of thioether (sulfide) groups is 1. The number of carbonyl (C=O) groups is 1. The van der Waals surface area contributed by atoms with Crippen LogP contribution in [0.15, 0.2) is 57.6 Å². The zero-order valence-corrected chi connectivity index (χ0v) is 19.1. The minimum Gasteiger partial charge on any atom is -0.301 e. The van der Waals surface area contributed by atoms with Gasteiger partial charge in [0.05, 0.1) is 16.3 Å². The number of hydrogen-bond acceptors (Lipinski definition) is 7. The molecule has 1 unspecified atom stereocenters. The van der Waals surface area contributed by atoms with Gasteiger partial charge in [-0.2, -0.15) is 0 Å². The van der Waals surface area contributed by atoms with Gasteiger partial charge in [-0.05, 0) is 36.6 Å². The molecule has 0 aliphatic heterocycles. The standard InChI is InChI=1S/C21H16F2N4O2S3/c1-3-7-27-19(29)13-6-8-30-18(13)26-21(27)32-11(2)17(28)25-20-24-16(10-31-20)12-4-5-14(22)15(23)9-12/h3-6,8-11H,1,7H2,2H3,(H,24,25,28). The fourth-order valence-electron chi connectivity index (χ4n) is 2.85. The van der Waals surface area contributed by atoms with Gasteiger partial charge >= 0.3 is 0 Å². The number of nitrogens with one attached hydrogen (secondary N) is 1. The molecule has 0 spiro atoms. The summed E-state index contributed by atoms with van der Waals surface area (Å²) in [5.41, 5.74) is 0.654. The number of amides is 1. The molecule has 0 radical (unpaired) electrons. The van der Waals surface area contributed by atoms with Crippen LogP contribution in [0.25, 0.3) is 21.5 Å². The molecule has 4 rings (SSSR count). The van der Waals surface area contributed by atoms with Gasteiger partial charge in [0.25, 0.3) is 5.56 Å². The van der Waals surface area contributed by atoms with Crippen molar-refractivity contribution in [3.63, 3.8) is 0 Å². The van der Waals surface area contributed by atoms with Gasteiger partial charge in [0.2, 0.25) is 5.91 Å². The van der Waals surface area contributed by atoms with E-state index in [1.165, 1.54) is 33.3 Å². The van der Waals surface area contributed by atoms with Crippen molar-refractivity contribution < 1.29 is 13.6 Å². The van der Waals surface area contributed by atoms with E-state index >= 15 is 0 Å². The number of thiophene rings is 1. The number of nitrogens with zero attached hydrogens (tertiary/aromatic N) is 3. The van der Waals surface area contributed by atoms with E-state index < -0.39 is 16.9 Å². The Labute approximate surface area is 193 Å². The summed E-state index contributed by atoms with van der Waals surface area (Å²) in [6.45, 7) is 5.67. The van der Waals surface area contributed by atoms with Gasteiger partial charge in [-0.25, -0.2) is 18.7 Å². The van der Waals surface area contributed by atoms with Crippen molar-refractivity contribution in [3.8, 4) is 11.3 Å². The summed E-state index contributed by atoms with van der Waals surface area (Å²) < 4.78 is 28.1. The first-order chi connectivity index (χ1) is 15.4. The van der Waals surface area contributed by atoms with E-state index in [9.17, 15) is 18.4 Å². The van der Waals surface area contributed by atoms with E-state index in [0.29, 0.717) is 31.8 Å². The maximum Gasteiger partial charge on any atom is 0.263 e. The zero-order chi connectivity index (χ0) is 22.8. The Morgan fingerprint density at radius 1 is 1.28 bits per heavy atom. The average Bonchev–Trinajstić information content (AvgIpc) is 3.42. The maximum atomic E-state index is 13.5. The number of thiazole rings is 1. The molecule has 164 valence electrons. The summed E-state index contributed by atoms with van der Waals surface area (Å²) in [6, 6.07) is 5.23. The van der Waals surface area contributed by atoms with Crippen molar-refractivity contribution in [3.05, 3.63) is 69.7 Å². The van der Waals surface area contributed by atoms with E-state index in [4.69, 9.17) is 0 Å². The molecule has 11 heteroatoms. The van der Waals surface area contributed by atoms with Crippen LogP contribution in [0, 0.1) is 11.6 Å². The van der Waals surface area contributed by atoms with E-state index in [0.717, 1.165) is 23.9 Å². The molecular weight excluding hydrogens is 474 g/mol. The summed E-state index contributed by atoms with van der Waals surface area (Å²) in [4.78, 5) is 34.9. The van der Waals surface area contributed by atoms with Crippen molar-refractivity contribution in [2.45, 2.75) is 23.9 Å². The van der Waals surface area contributed by atoms with Gasteiger partial charge < -0.3 is 5.32 Å². The van der Waals surface area contributed by atoms with E-state index in [-0.39, 0.29) is 18.0 Å². The highest BCUT2D eigenvalue weighted by Gasteiger charge is 2.21. The molecule has 0 saturated carbocycles. The molecule has 0 aliphatic carbocycles. The molecule has 1 amide bonds. The molecule has 0 bridgehead atoms. The second-order valence-corrected chi connectivity index (χ2v) is 9.71. The van der Waals surface area contributed by atoms with Crippen LogP contribution in [0.4, 0.5) is 13.9 Å². The van der Waals surface area contributed by atoms with Gasteiger partial charge in [-0.3, -0.25) is 14.2 Å². The molecule has 1 aromatic carbocycles. The second-order valence-electron chi connectivity index (χ2n) is 6.65. The predicted molar refractivity (Wildman–Crippen MR) is 125 cm³/mol. The molecule has 0 saturated heterocycles. The highest BCUT2D eigenvalue weighted by Crippen LogP contribution is 2.28. The smallest absolute Gasteiger partial charge is 0.263 e. The summed E-state index contributed by atoms with van der Waals surface area (Å²) in [5.74, 6) is -2.23. The summed E-state index contributed by atoms with van der Waals surface area (Å²) in [5, 5.41) is 6.88. The highest BCUT2D eigenvalue weighted by molar-refractivity contribution is 8.00. The van der Waals surface area contributed by atoms with Crippen molar-refractivity contribution in [1.29, 1.82) is 0 Å². The molecule has 4 aromatic rings.